The van der Waals surface area contributed by atoms with Crippen LogP contribution in [0.5, 0.6) is 0 Å². The summed E-state index contributed by atoms with van der Waals surface area (Å²) in [5, 5.41) is 2.74. The zero-order valence-electron chi connectivity index (χ0n) is 9.47. The summed E-state index contributed by atoms with van der Waals surface area (Å²) in [6.45, 7) is 0.250. The number of imide groups is 1. The van der Waals surface area contributed by atoms with Crippen molar-refractivity contribution in [2.24, 2.45) is 0 Å². The van der Waals surface area contributed by atoms with Crippen LogP contribution in [0.25, 0.3) is 0 Å². The minimum Gasteiger partial charge on any atom is -0.373 e. The Morgan fingerprint density at radius 2 is 2.29 bits per heavy atom. The van der Waals surface area contributed by atoms with Gasteiger partial charge in [-0.15, -0.1) is 0 Å². The van der Waals surface area contributed by atoms with Crippen LogP contribution in [0, 0.1) is 0 Å². The number of carbonyl (C=O) groups excluding carboxylic acids is 2. The molecule has 1 saturated heterocycles. The first-order chi connectivity index (χ1) is 8.20. The molecule has 0 aliphatic carbocycles. The van der Waals surface area contributed by atoms with Crippen molar-refractivity contribution >= 4 is 28.7 Å². The van der Waals surface area contributed by atoms with Crippen molar-refractivity contribution in [2.75, 3.05) is 18.1 Å². The predicted molar refractivity (Wildman–Crippen MR) is 66.8 cm³/mol. The van der Waals surface area contributed by atoms with E-state index in [0.717, 1.165) is 5.82 Å². The fourth-order valence-electron chi connectivity index (χ4n) is 1.56. The Morgan fingerprint density at radius 3 is 3.00 bits per heavy atom. The Hall–Kier alpha value is -1.56. The van der Waals surface area contributed by atoms with Gasteiger partial charge >= 0.3 is 0 Å². The number of carbonyl (C=O) groups is 2. The Kier molecular flexibility index (Phi) is 3.63. The van der Waals surface area contributed by atoms with Crippen LogP contribution in [-0.4, -0.2) is 33.8 Å². The molecule has 1 N–H and O–H groups in total. The van der Waals surface area contributed by atoms with E-state index < -0.39 is 0 Å². The first-order valence-electron chi connectivity index (χ1n) is 5.31. The second-order valence-corrected chi connectivity index (χ2v) is 4.65. The molecule has 6 heteroatoms. The van der Waals surface area contributed by atoms with E-state index in [1.807, 2.05) is 12.1 Å². The van der Waals surface area contributed by atoms with Gasteiger partial charge in [-0.3, -0.25) is 14.5 Å². The Morgan fingerprint density at radius 1 is 1.47 bits per heavy atom. The van der Waals surface area contributed by atoms with Gasteiger partial charge in [-0.1, -0.05) is 17.8 Å². The highest BCUT2D eigenvalue weighted by molar-refractivity contribution is 8.13. The maximum Gasteiger partial charge on any atom is 0.288 e. The van der Waals surface area contributed by atoms with Gasteiger partial charge in [0.05, 0.1) is 12.2 Å². The zero-order chi connectivity index (χ0) is 12.3. The van der Waals surface area contributed by atoms with E-state index in [-0.39, 0.29) is 17.7 Å². The van der Waals surface area contributed by atoms with Crippen molar-refractivity contribution < 1.29 is 9.59 Å². The topological polar surface area (TPSA) is 62.3 Å². The highest BCUT2D eigenvalue weighted by atomic mass is 32.2. The molecule has 0 spiro atoms. The molecule has 1 fully saturated rings. The average Bonchev–Trinajstić information content (AvgIpc) is 2.34. The standard InChI is InChI=1S/C11H13N3O2S/c1-12-9-4-2-3-8(13-9)7-14-10(15)5-6-17-11(14)16/h2-4H,5-7H2,1H3,(H,12,13). The second-order valence-electron chi connectivity index (χ2n) is 3.61. The van der Waals surface area contributed by atoms with E-state index >= 15 is 0 Å². The first kappa shape index (κ1) is 11.9. The fourth-order valence-corrected chi connectivity index (χ4v) is 2.34. The molecule has 1 aliphatic rings. The summed E-state index contributed by atoms with van der Waals surface area (Å²) in [7, 11) is 1.78. The van der Waals surface area contributed by atoms with Gasteiger partial charge in [0.15, 0.2) is 0 Å². The smallest absolute Gasteiger partial charge is 0.288 e. The first-order valence-corrected chi connectivity index (χ1v) is 6.30. The van der Waals surface area contributed by atoms with Gasteiger partial charge in [-0.25, -0.2) is 4.98 Å². The molecule has 0 atom stereocenters. The number of pyridine rings is 1. The second kappa shape index (κ2) is 5.18. The molecular weight excluding hydrogens is 238 g/mol. The molecule has 2 amide bonds. The molecule has 1 aromatic heterocycles. The zero-order valence-corrected chi connectivity index (χ0v) is 10.3. The molecule has 2 rings (SSSR count). The molecule has 90 valence electrons. The van der Waals surface area contributed by atoms with E-state index in [2.05, 4.69) is 10.3 Å². The molecule has 1 aliphatic heterocycles. The van der Waals surface area contributed by atoms with Crippen LogP contribution < -0.4 is 5.32 Å². The van der Waals surface area contributed by atoms with Gasteiger partial charge in [0.1, 0.15) is 5.82 Å². The third-order valence-corrected chi connectivity index (χ3v) is 3.32. The van der Waals surface area contributed by atoms with E-state index in [0.29, 0.717) is 17.9 Å². The summed E-state index contributed by atoms with van der Waals surface area (Å²) in [6.07, 6.45) is 0.419. The number of nitrogens with zero attached hydrogens (tertiary/aromatic N) is 2. The highest BCUT2D eigenvalue weighted by Gasteiger charge is 2.26. The summed E-state index contributed by atoms with van der Waals surface area (Å²) >= 11 is 1.18. The Balaban J connectivity index is 2.13. The van der Waals surface area contributed by atoms with Crippen molar-refractivity contribution in [3.05, 3.63) is 23.9 Å². The molecular formula is C11H13N3O2S. The third-order valence-electron chi connectivity index (χ3n) is 2.45. The quantitative estimate of drug-likeness (QED) is 0.886. The molecule has 0 bridgehead atoms. The van der Waals surface area contributed by atoms with Gasteiger partial charge in [0.25, 0.3) is 5.24 Å². The molecule has 5 nitrogen and oxygen atoms in total. The van der Waals surface area contributed by atoms with Crippen LogP contribution >= 0.6 is 11.8 Å². The number of amides is 2. The van der Waals surface area contributed by atoms with Crippen LogP contribution in [-0.2, 0) is 11.3 Å². The number of anilines is 1. The molecule has 1 aromatic rings. The summed E-state index contributed by atoms with van der Waals surface area (Å²) in [4.78, 5) is 28.7. The van der Waals surface area contributed by atoms with Crippen molar-refractivity contribution in [1.29, 1.82) is 0 Å². The van der Waals surface area contributed by atoms with Crippen LogP contribution in [0.2, 0.25) is 0 Å². The van der Waals surface area contributed by atoms with Crippen LogP contribution in [0.15, 0.2) is 18.2 Å². The summed E-state index contributed by atoms with van der Waals surface area (Å²) in [6, 6.07) is 5.49. The van der Waals surface area contributed by atoms with Gasteiger partial charge in [-0.2, -0.15) is 0 Å². The van der Waals surface area contributed by atoms with E-state index in [1.165, 1.54) is 16.7 Å². The Bertz CT molecular complexity index is 434. The van der Waals surface area contributed by atoms with Crippen LogP contribution in [0.4, 0.5) is 10.6 Å². The number of hydrogen-bond donors (Lipinski definition) is 1. The van der Waals surface area contributed by atoms with E-state index in [4.69, 9.17) is 0 Å². The maximum atomic E-state index is 11.6. The average molecular weight is 251 g/mol. The normalized spacial score (nSPS) is 16.2. The fraction of sp³-hybridized carbons (Fsp3) is 0.364. The minimum atomic E-state index is -0.182. The molecule has 2 heterocycles. The van der Waals surface area contributed by atoms with Crippen molar-refractivity contribution in [3.63, 3.8) is 0 Å². The van der Waals surface area contributed by atoms with E-state index in [1.54, 1.807) is 13.1 Å². The maximum absolute atomic E-state index is 11.6. The van der Waals surface area contributed by atoms with Gasteiger partial charge in [-0.05, 0) is 12.1 Å². The highest BCUT2D eigenvalue weighted by Crippen LogP contribution is 2.20. The summed E-state index contributed by atoms with van der Waals surface area (Å²) < 4.78 is 0. The SMILES string of the molecule is CNc1cccc(CN2C(=O)CCSC2=O)n1. The van der Waals surface area contributed by atoms with Crippen molar-refractivity contribution in [1.82, 2.24) is 9.88 Å². The molecule has 17 heavy (non-hydrogen) atoms. The lowest BCUT2D eigenvalue weighted by Gasteiger charge is -2.23. The number of aromatic nitrogens is 1. The molecule has 0 aromatic carbocycles. The minimum absolute atomic E-state index is 0.120. The number of nitrogens with one attached hydrogen (secondary N) is 1. The molecule has 0 radical (unpaired) electrons. The number of thioether (sulfide) groups is 1. The largest absolute Gasteiger partial charge is 0.373 e. The number of hydrogen-bond acceptors (Lipinski definition) is 5. The molecule has 0 unspecified atom stereocenters. The predicted octanol–water partition coefficient (Wildman–Crippen LogP) is 1.71. The van der Waals surface area contributed by atoms with Crippen molar-refractivity contribution in [2.45, 2.75) is 13.0 Å². The lowest BCUT2D eigenvalue weighted by atomic mass is 10.3. The lowest BCUT2D eigenvalue weighted by molar-refractivity contribution is -0.128. The monoisotopic (exact) mass is 251 g/mol. The Labute approximate surface area is 104 Å². The summed E-state index contributed by atoms with van der Waals surface area (Å²) in [5.41, 5.74) is 0.709. The number of rotatable bonds is 3. The van der Waals surface area contributed by atoms with Crippen LogP contribution in [0.3, 0.4) is 0 Å². The third kappa shape index (κ3) is 2.76. The van der Waals surface area contributed by atoms with Gasteiger partial charge in [0, 0.05) is 19.2 Å². The summed E-state index contributed by atoms with van der Waals surface area (Å²) in [5.74, 6) is 1.19. The van der Waals surface area contributed by atoms with Crippen molar-refractivity contribution in [3.8, 4) is 0 Å². The van der Waals surface area contributed by atoms with Gasteiger partial charge in [0.2, 0.25) is 5.91 Å². The molecule has 0 saturated carbocycles. The lowest BCUT2D eigenvalue weighted by Crippen LogP contribution is -2.37. The van der Waals surface area contributed by atoms with Crippen LogP contribution in [0.1, 0.15) is 12.1 Å². The van der Waals surface area contributed by atoms with E-state index in [9.17, 15) is 9.59 Å². The van der Waals surface area contributed by atoms with Gasteiger partial charge < -0.3 is 5.32 Å².